The average Bonchev–Trinajstić information content (AvgIpc) is 2.33. The molecule has 0 radical (unpaired) electrons. The maximum Gasteiger partial charge on any atom is 0.141 e. The van der Waals surface area contributed by atoms with Gasteiger partial charge in [-0.1, -0.05) is 19.8 Å². The van der Waals surface area contributed by atoms with E-state index in [1.54, 1.807) is 6.92 Å². The van der Waals surface area contributed by atoms with Crippen molar-refractivity contribution in [1.82, 2.24) is 4.98 Å². The van der Waals surface area contributed by atoms with Gasteiger partial charge in [0.2, 0.25) is 0 Å². The zero-order valence-electron chi connectivity index (χ0n) is 10.7. The van der Waals surface area contributed by atoms with Crippen LogP contribution in [0.15, 0.2) is 6.20 Å². The summed E-state index contributed by atoms with van der Waals surface area (Å²) in [5.41, 5.74) is 8.25. The zero-order valence-corrected chi connectivity index (χ0v) is 11.5. The van der Waals surface area contributed by atoms with Crippen LogP contribution < -0.4 is 5.73 Å². The number of pyridine rings is 1. The molecule has 3 N–H and O–H groups in total. The van der Waals surface area contributed by atoms with E-state index in [0.717, 1.165) is 22.6 Å². The summed E-state index contributed by atoms with van der Waals surface area (Å²) in [6, 6.07) is 0. The lowest BCUT2D eigenvalue weighted by molar-refractivity contribution is 0.459. The van der Waals surface area contributed by atoms with Crippen molar-refractivity contribution in [3.8, 4) is 5.75 Å². The highest BCUT2D eigenvalue weighted by Gasteiger charge is 2.09. The molecule has 0 unspecified atom stereocenters. The normalized spacial score (nSPS) is 10.8. The predicted octanol–water partition coefficient (Wildman–Crippen LogP) is 2.98. The SMILES string of the molecule is CCCCCSCc1cnc(C)c(O)c1CN. The molecule has 4 heteroatoms. The molecule has 0 spiro atoms. The number of aromatic nitrogens is 1. The van der Waals surface area contributed by atoms with Gasteiger partial charge in [-0.2, -0.15) is 11.8 Å². The van der Waals surface area contributed by atoms with Crippen LogP contribution in [0, 0.1) is 6.92 Å². The number of nitrogens with two attached hydrogens (primary N) is 1. The first-order chi connectivity index (χ1) is 8.20. The molecule has 96 valence electrons. The van der Waals surface area contributed by atoms with Gasteiger partial charge in [0.15, 0.2) is 0 Å². The molecular weight excluding hydrogens is 232 g/mol. The zero-order chi connectivity index (χ0) is 12.7. The van der Waals surface area contributed by atoms with Crippen LogP contribution in [0.1, 0.15) is 43.0 Å². The molecule has 17 heavy (non-hydrogen) atoms. The van der Waals surface area contributed by atoms with Crippen LogP contribution in [0.4, 0.5) is 0 Å². The maximum atomic E-state index is 9.87. The molecule has 0 aromatic carbocycles. The highest BCUT2D eigenvalue weighted by molar-refractivity contribution is 7.98. The third kappa shape index (κ3) is 4.21. The van der Waals surface area contributed by atoms with Crippen LogP contribution in [0.25, 0.3) is 0 Å². The smallest absolute Gasteiger partial charge is 0.141 e. The summed E-state index contributed by atoms with van der Waals surface area (Å²) in [6.45, 7) is 4.38. The number of nitrogens with zero attached hydrogens (tertiary/aromatic N) is 1. The van der Waals surface area contributed by atoms with E-state index >= 15 is 0 Å². The summed E-state index contributed by atoms with van der Waals surface area (Å²) in [5, 5.41) is 9.87. The van der Waals surface area contributed by atoms with Crippen LogP contribution in [0.3, 0.4) is 0 Å². The van der Waals surface area contributed by atoms with Crippen LogP contribution in [0.2, 0.25) is 0 Å². The van der Waals surface area contributed by atoms with Crippen molar-refractivity contribution in [1.29, 1.82) is 0 Å². The van der Waals surface area contributed by atoms with E-state index in [2.05, 4.69) is 11.9 Å². The summed E-state index contributed by atoms with van der Waals surface area (Å²) in [7, 11) is 0. The summed E-state index contributed by atoms with van der Waals surface area (Å²) >= 11 is 1.88. The summed E-state index contributed by atoms with van der Waals surface area (Å²) in [5.74, 6) is 2.31. The first-order valence-electron chi connectivity index (χ1n) is 6.14. The molecule has 0 atom stereocenters. The molecule has 0 saturated heterocycles. The van der Waals surface area contributed by atoms with Crippen molar-refractivity contribution >= 4 is 11.8 Å². The minimum atomic E-state index is 0.263. The third-order valence-electron chi connectivity index (χ3n) is 2.78. The van der Waals surface area contributed by atoms with Crippen molar-refractivity contribution in [3.63, 3.8) is 0 Å². The Morgan fingerprint density at radius 1 is 1.41 bits per heavy atom. The van der Waals surface area contributed by atoms with Crippen LogP contribution in [-0.2, 0) is 12.3 Å². The maximum absolute atomic E-state index is 9.87. The van der Waals surface area contributed by atoms with Gasteiger partial charge >= 0.3 is 0 Å². The minimum Gasteiger partial charge on any atom is -0.506 e. The van der Waals surface area contributed by atoms with Gasteiger partial charge in [-0.25, -0.2) is 0 Å². The number of aryl methyl sites for hydroxylation is 1. The van der Waals surface area contributed by atoms with E-state index in [1.165, 1.54) is 19.3 Å². The topological polar surface area (TPSA) is 59.1 Å². The van der Waals surface area contributed by atoms with Gasteiger partial charge in [0.1, 0.15) is 5.75 Å². The number of unbranched alkanes of at least 4 members (excludes halogenated alkanes) is 2. The quantitative estimate of drug-likeness (QED) is 0.734. The highest BCUT2D eigenvalue weighted by Crippen LogP contribution is 2.26. The number of thioether (sulfide) groups is 1. The van der Waals surface area contributed by atoms with Crippen molar-refractivity contribution in [3.05, 3.63) is 23.0 Å². The standard InChI is InChI=1S/C13H22N2OS/c1-3-4-5-6-17-9-11-8-15-10(2)13(16)12(11)7-14/h8,16H,3-7,9,14H2,1-2H3. The van der Waals surface area contributed by atoms with Gasteiger partial charge in [0, 0.05) is 24.1 Å². The second-order valence-corrected chi connectivity index (χ2v) is 5.26. The van der Waals surface area contributed by atoms with Gasteiger partial charge < -0.3 is 10.8 Å². The summed E-state index contributed by atoms with van der Waals surface area (Å²) < 4.78 is 0. The molecule has 1 rings (SSSR count). The second-order valence-electron chi connectivity index (χ2n) is 4.16. The molecule has 0 aliphatic rings. The molecule has 1 aromatic heterocycles. The third-order valence-corrected chi connectivity index (χ3v) is 3.88. The lowest BCUT2D eigenvalue weighted by Crippen LogP contribution is -2.04. The van der Waals surface area contributed by atoms with Crippen molar-refractivity contribution < 1.29 is 5.11 Å². The number of aromatic hydroxyl groups is 1. The molecule has 0 aliphatic heterocycles. The number of hydrogen-bond donors (Lipinski definition) is 2. The lowest BCUT2D eigenvalue weighted by Gasteiger charge is -2.10. The molecule has 0 saturated carbocycles. The van der Waals surface area contributed by atoms with Crippen molar-refractivity contribution in [2.45, 2.75) is 45.4 Å². The summed E-state index contributed by atoms with van der Waals surface area (Å²) in [4.78, 5) is 4.18. The van der Waals surface area contributed by atoms with E-state index < -0.39 is 0 Å². The number of rotatable bonds is 7. The first-order valence-corrected chi connectivity index (χ1v) is 7.30. The Hall–Kier alpha value is -0.740. The Balaban J connectivity index is 2.56. The fourth-order valence-corrected chi connectivity index (χ4v) is 2.69. The second kappa shape index (κ2) is 7.56. The van der Waals surface area contributed by atoms with Gasteiger partial charge in [-0.05, 0) is 24.7 Å². The van der Waals surface area contributed by atoms with E-state index in [9.17, 15) is 5.11 Å². The molecule has 3 nitrogen and oxygen atoms in total. The fourth-order valence-electron chi connectivity index (χ4n) is 1.67. The Bertz CT molecular complexity index is 356. The first kappa shape index (κ1) is 14.3. The highest BCUT2D eigenvalue weighted by atomic mass is 32.2. The van der Waals surface area contributed by atoms with E-state index in [-0.39, 0.29) is 5.75 Å². The van der Waals surface area contributed by atoms with Crippen LogP contribution >= 0.6 is 11.8 Å². The molecule has 1 heterocycles. The van der Waals surface area contributed by atoms with E-state index in [4.69, 9.17) is 5.73 Å². The lowest BCUT2D eigenvalue weighted by atomic mass is 10.1. The molecule has 0 bridgehead atoms. The monoisotopic (exact) mass is 254 g/mol. The van der Waals surface area contributed by atoms with Gasteiger partial charge in [0.05, 0.1) is 5.69 Å². The molecule has 0 fully saturated rings. The number of hydrogen-bond acceptors (Lipinski definition) is 4. The van der Waals surface area contributed by atoms with Crippen LogP contribution in [-0.4, -0.2) is 15.8 Å². The Morgan fingerprint density at radius 3 is 2.82 bits per heavy atom. The largest absolute Gasteiger partial charge is 0.506 e. The molecule has 1 aromatic rings. The fraction of sp³-hybridized carbons (Fsp3) is 0.615. The van der Waals surface area contributed by atoms with Gasteiger partial charge in [0.25, 0.3) is 0 Å². The van der Waals surface area contributed by atoms with E-state index in [1.807, 2.05) is 18.0 Å². The van der Waals surface area contributed by atoms with Crippen LogP contribution in [0.5, 0.6) is 5.75 Å². The Kier molecular flexibility index (Phi) is 6.37. The molecule has 0 aliphatic carbocycles. The molecule has 0 amide bonds. The Morgan fingerprint density at radius 2 is 2.18 bits per heavy atom. The minimum absolute atomic E-state index is 0.263. The predicted molar refractivity (Wildman–Crippen MR) is 74.2 cm³/mol. The van der Waals surface area contributed by atoms with Gasteiger partial charge in [-0.15, -0.1) is 0 Å². The average molecular weight is 254 g/mol. The Labute approximate surface area is 108 Å². The summed E-state index contributed by atoms with van der Waals surface area (Å²) in [6.07, 6.45) is 5.63. The van der Waals surface area contributed by atoms with E-state index in [0.29, 0.717) is 12.2 Å². The van der Waals surface area contributed by atoms with Crippen molar-refractivity contribution in [2.24, 2.45) is 5.73 Å². The van der Waals surface area contributed by atoms with Crippen molar-refractivity contribution in [2.75, 3.05) is 5.75 Å². The molecular formula is C13H22N2OS. The van der Waals surface area contributed by atoms with Gasteiger partial charge in [-0.3, -0.25) is 4.98 Å².